The van der Waals surface area contributed by atoms with E-state index in [1.165, 1.54) is 6.20 Å². The van der Waals surface area contributed by atoms with Crippen LogP contribution in [0.25, 0.3) is 0 Å². The highest BCUT2D eigenvalue weighted by Gasteiger charge is 2.21. The molecule has 0 unspecified atom stereocenters. The minimum atomic E-state index is -3.56. The Morgan fingerprint density at radius 3 is 2.47 bits per heavy atom. The smallest absolute Gasteiger partial charge is 0.244 e. The summed E-state index contributed by atoms with van der Waals surface area (Å²) in [6, 6.07) is 7.19. The number of benzene rings is 1. The standard InChI is InChI=1S/C12H14BrN3O2S/c1-8(10-3-5-11(13)6-4-10)16-19(17,18)12-7-14-15-9(12)2/h3-8,16H,1-2H3,(H,14,15)/t8-/m0/s1. The van der Waals surface area contributed by atoms with E-state index < -0.39 is 10.0 Å². The monoisotopic (exact) mass is 343 g/mol. The second kappa shape index (κ2) is 5.44. The average Bonchev–Trinajstić information content (AvgIpc) is 2.76. The summed E-state index contributed by atoms with van der Waals surface area (Å²) in [5.41, 5.74) is 1.42. The maximum absolute atomic E-state index is 12.2. The van der Waals surface area contributed by atoms with Gasteiger partial charge in [-0.2, -0.15) is 5.10 Å². The Kier molecular flexibility index (Phi) is 4.07. The van der Waals surface area contributed by atoms with Crippen LogP contribution in [0.4, 0.5) is 0 Å². The van der Waals surface area contributed by atoms with Gasteiger partial charge in [0.05, 0.1) is 11.9 Å². The number of sulfonamides is 1. The molecule has 19 heavy (non-hydrogen) atoms. The fraction of sp³-hybridized carbons (Fsp3) is 0.250. The number of hydrogen-bond acceptors (Lipinski definition) is 3. The first kappa shape index (κ1) is 14.2. The van der Waals surface area contributed by atoms with Crippen molar-refractivity contribution >= 4 is 26.0 Å². The van der Waals surface area contributed by atoms with E-state index in [-0.39, 0.29) is 10.9 Å². The van der Waals surface area contributed by atoms with Crippen molar-refractivity contribution in [1.29, 1.82) is 0 Å². The SMILES string of the molecule is Cc1[nH]ncc1S(=O)(=O)N[C@@H](C)c1ccc(Br)cc1. The number of hydrogen-bond donors (Lipinski definition) is 2. The minimum absolute atomic E-state index is 0.177. The van der Waals surface area contributed by atoms with Gasteiger partial charge >= 0.3 is 0 Å². The van der Waals surface area contributed by atoms with E-state index in [4.69, 9.17) is 0 Å². The Morgan fingerprint density at radius 1 is 1.32 bits per heavy atom. The van der Waals surface area contributed by atoms with Gasteiger partial charge in [-0.05, 0) is 31.5 Å². The van der Waals surface area contributed by atoms with Crippen LogP contribution in [0, 0.1) is 6.92 Å². The molecule has 0 radical (unpaired) electrons. The first-order valence-corrected chi connectivity index (χ1v) is 7.95. The molecule has 5 nitrogen and oxygen atoms in total. The van der Waals surface area contributed by atoms with Gasteiger partial charge in [0.25, 0.3) is 0 Å². The highest BCUT2D eigenvalue weighted by Crippen LogP contribution is 2.19. The molecule has 1 atom stereocenters. The summed E-state index contributed by atoms with van der Waals surface area (Å²) in [4.78, 5) is 0.177. The lowest BCUT2D eigenvalue weighted by molar-refractivity contribution is 0.566. The highest BCUT2D eigenvalue weighted by atomic mass is 79.9. The van der Waals surface area contributed by atoms with E-state index in [1.807, 2.05) is 24.3 Å². The maximum atomic E-state index is 12.2. The number of H-pyrrole nitrogens is 1. The Labute approximate surface area is 120 Å². The molecule has 7 heteroatoms. The van der Waals surface area contributed by atoms with Crippen molar-refractivity contribution in [2.45, 2.75) is 24.8 Å². The van der Waals surface area contributed by atoms with Crippen molar-refractivity contribution in [2.75, 3.05) is 0 Å². The van der Waals surface area contributed by atoms with Gasteiger partial charge in [-0.25, -0.2) is 13.1 Å². The Morgan fingerprint density at radius 2 is 1.95 bits per heavy atom. The Balaban J connectivity index is 2.21. The van der Waals surface area contributed by atoms with Crippen molar-refractivity contribution in [2.24, 2.45) is 0 Å². The maximum Gasteiger partial charge on any atom is 0.244 e. The summed E-state index contributed by atoms with van der Waals surface area (Å²) in [5, 5.41) is 6.35. The molecule has 0 bridgehead atoms. The quantitative estimate of drug-likeness (QED) is 0.895. The summed E-state index contributed by atoms with van der Waals surface area (Å²) < 4.78 is 28.0. The molecular formula is C12H14BrN3O2S. The zero-order valence-corrected chi connectivity index (χ0v) is 12.9. The van der Waals surface area contributed by atoms with E-state index in [0.29, 0.717) is 5.69 Å². The Bertz CT molecular complexity index is 665. The van der Waals surface area contributed by atoms with E-state index >= 15 is 0 Å². The molecule has 0 amide bonds. The van der Waals surface area contributed by atoms with E-state index in [1.54, 1.807) is 13.8 Å². The van der Waals surface area contributed by atoms with Crippen LogP contribution in [0.3, 0.4) is 0 Å². The fourth-order valence-electron chi connectivity index (χ4n) is 1.73. The normalized spacial score (nSPS) is 13.4. The Hall–Kier alpha value is -1.18. The summed E-state index contributed by atoms with van der Waals surface area (Å²) in [6.45, 7) is 3.47. The van der Waals surface area contributed by atoms with Gasteiger partial charge in [0.2, 0.25) is 10.0 Å². The number of nitrogens with zero attached hydrogens (tertiary/aromatic N) is 1. The van der Waals surface area contributed by atoms with Crippen molar-refractivity contribution in [1.82, 2.24) is 14.9 Å². The summed E-state index contributed by atoms with van der Waals surface area (Å²) >= 11 is 3.35. The third kappa shape index (κ3) is 3.23. The summed E-state index contributed by atoms with van der Waals surface area (Å²) in [7, 11) is -3.56. The molecule has 0 saturated carbocycles. The molecule has 0 spiro atoms. The molecule has 0 fully saturated rings. The molecule has 2 rings (SSSR count). The summed E-state index contributed by atoms with van der Waals surface area (Å²) in [5.74, 6) is 0. The van der Waals surface area contributed by atoms with E-state index in [9.17, 15) is 8.42 Å². The second-order valence-electron chi connectivity index (χ2n) is 4.25. The largest absolute Gasteiger partial charge is 0.281 e. The number of nitrogens with one attached hydrogen (secondary N) is 2. The highest BCUT2D eigenvalue weighted by molar-refractivity contribution is 9.10. The molecule has 2 aromatic rings. The van der Waals surface area contributed by atoms with Crippen molar-refractivity contribution in [3.05, 3.63) is 46.2 Å². The van der Waals surface area contributed by atoms with Crippen LogP contribution in [-0.2, 0) is 10.0 Å². The first-order valence-electron chi connectivity index (χ1n) is 5.68. The van der Waals surface area contributed by atoms with Crippen molar-refractivity contribution in [3.8, 4) is 0 Å². The number of aryl methyl sites for hydroxylation is 1. The van der Waals surface area contributed by atoms with Crippen LogP contribution in [0.5, 0.6) is 0 Å². The zero-order valence-electron chi connectivity index (χ0n) is 10.5. The lowest BCUT2D eigenvalue weighted by Gasteiger charge is -2.14. The molecule has 0 aliphatic rings. The van der Waals surface area contributed by atoms with Crippen LogP contribution < -0.4 is 4.72 Å². The molecule has 1 aromatic heterocycles. The molecular weight excluding hydrogens is 330 g/mol. The van der Waals surface area contributed by atoms with E-state index in [0.717, 1.165) is 10.0 Å². The topological polar surface area (TPSA) is 74.8 Å². The van der Waals surface area contributed by atoms with Crippen molar-refractivity contribution < 1.29 is 8.42 Å². The third-order valence-corrected chi connectivity index (χ3v) is 4.96. The van der Waals surface area contributed by atoms with Gasteiger partial charge in [-0.3, -0.25) is 5.10 Å². The number of aromatic amines is 1. The number of halogens is 1. The zero-order chi connectivity index (χ0) is 14.0. The van der Waals surface area contributed by atoms with Gasteiger partial charge in [-0.1, -0.05) is 28.1 Å². The lowest BCUT2D eigenvalue weighted by atomic mass is 10.1. The van der Waals surface area contributed by atoms with Gasteiger partial charge in [0, 0.05) is 10.5 Å². The van der Waals surface area contributed by atoms with Crippen molar-refractivity contribution in [3.63, 3.8) is 0 Å². The summed E-state index contributed by atoms with van der Waals surface area (Å²) in [6.07, 6.45) is 1.31. The van der Waals surface area contributed by atoms with E-state index in [2.05, 4.69) is 30.8 Å². The lowest BCUT2D eigenvalue weighted by Crippen LogP contribution is -2.27. The predicted octanol–water partition coefficient (Wildman–Crippen LogP) is 2.52. The second-order valence-corrected chi connectivity index (χ2v) is 6.85. The van der Waals surface area contributed by atoms with Crippen LogP contribution in [0.15, 0.2) is 39.8 Å². The average molecular weight is 344 g/mol. The van der Waals surface area contributed by atoms with Gasteiger partial charge in [-0.15, -0.1) is 0 Å². The van der Waals surface area contributed by atoms with Crippen LogP contribution >= 0.6 is 15.9 Å². The number of rotatable bonds is 4. The molecule has 102 valence electrons. The molecule has 0 saturated heterocycles. The molecule has 2 N–H and O–H groups in total. The fourth-order valence-corrected chi connectivity index (χ4v) is 3.36. The van der Waals surface area contributed by atoms with Gasteiger partial charge in [0.15, 0.2) is 0 Å². The molecule has 0 aliphatic carbocycles. The van der Waals surface area contributed by atoms with Gasteiger partial charge in [0.1, 0.15) is 4.90 Å². The molecule has 1 heterocycles. The first-order chi connectivity index (χ1) is 8.90. The van der Waals surface area contributed by atoms with Gasteiger partial charge < -0.3 is 0 Å². The van der Waals surface area contributed by atoms with Crippen LogP contribution in [0.1, 0.15) is 24.2 Å². The number of aromatic nitrogens is 2. The third-order valence-electron chi connectivity index (χ3n) is 2.78. The van der Waals surface area contributed by atoms with Crippen LogP contribution in [-0.4, -0.2) is 18.6 Å². The molecule has 0 aliphatic heterocycles. The van der Waals surface area contributed by atoms with Crippen LogP contribution in [0.2, 0.25) is 0 Å². The molecule has 1 aromatic carbocycles. The predicted molar refractivity (Wildman–Crippen MR) is 76.2 cm³/mol. The minimum Gasteiger partial charge on any atom is -0.281 e.